The van der Waals surface area contributed by atoms with Gasteiger partial charge in [-0.25, -0.2) is 0 Å². The minimum absolute atomic E-state index is 0.109. The lowest BCUT2D eigenvalue weighted by Crippen LogP contribution is -2.17. The highest BCUT2D eigenvalue weighted by Crippen LogP contribution is 2.43. The standard InChI is InChI=1S/C13H18N2O4/c1-18-10(7-5-6-7)11-14-12(19-15-11)8-3-2-4-9(8)13(16)17/h7-10H,2-6H2,1H3,(H,16,17). The van der Waals surface area contributed by atoms with Crippen LogP contribution in [0.4, 0.5) is 0 Å². The topological polar surface area (TPSA) is 85.5 Å². The molecule has 19 heavy (non-hydrogen) atoms. The summed E-state index contributed by atoms with van der Waals surface area (Å²) in [5.41, 5.74) is 0. The number of hydrogen-bond acceptors (Lipinski definition) is 5. The van der Waals surface area contributed by atoms with Crippen LogP contribution in [0.15, 0.2) is 4.52 Å². The Labute approximate surface area is 111 Å². The molecule has 0 spiro atoms. The first-order chi connectivity index (χ1) is 9.20. The van der Waals surface area contributed by atoms with Crippen molar-refractivity contribution in [1.82, 2.24) is 10.1 Å². The Morgan fingerprint density at radius 1 is 1.42 bits per heavy atom. The Balaban J connectivity index is 1.78. The van der Waals surface area contributed by atoms with Gasteiger partial charge in [-0.1, -0.05) is 11.6 Å². The van der Waals surface area contributed by atoms with Gasteiger partial charge in [0.25, 0.3) is 0 Å². The number of aromatic nitrogens is 2. The van der Waals surface area contributed by atoms with E-state index in [-0.39, 0.29) is 12.0 Å². The van der Waals surface area contributed by atoms with Gasteiger partial charge < -0.3 is 14.4 Å². The Hall–Kier alpha value is -1.43. The Morgan fingerprint density at radius 2 is 2.21 bits per heavy atom. The molecule has 2 fully saturated rings. The molecule has 1 aromatic rings. The number of rotatable bonds is 5. The van der Waals surface area contributed by atoms with Gasteiger partial charge in [0.15, 0.2) is 0 Å². The van der Waals surface area contributed by atoms with E-state index in [0.717, 1.165) is 25.7 Å². The molecule has 0 radical (unpaired) electrons. The van der Waals surface area contributed by atoms with Crippen LogP contribution in [0.5, 0.6) is 0 Å². The lowest BCUT2D eigenvalue weighted by Gasteiger charge is -2.11. The summed E-state index contributed by atoms with van der Waals surface area (Å²) >= 11 is 0. The predicted molar refractivity (Wildman–Crippen MR) is 64.5 cm³/mol. The molecule has 0 saturated heterocycles. The quantitative estimate of drug-likeness (QED) is 0.878. The highest BCUT2D eigenvalue weighted by molar-refractivity contribution is 5.71. The molecular formula is C13H18N2O4. The summed E-state index contributed by atoms with van der Waals surface area (Å²) < 4.78 is 10.7. The third-order valence-electron chi connectivity index (χ3n) is 4.17. The van der Waals surface area contributed by atoms with E-state index >= 15 is 0 Å². The number of carboxylic acids is 1. The summed E-state index contributed by atoms with van der Waals surface area (Å²) in [6.45, 7) is 0. The third-order valence-corrected chi connectivity index (χ3v) is 4.17. The number of hydrogen-bond donors (Lipinski definition) is 1. The molecule has 6 heteroatoms. The van der Waals surface area contributed by atoms with Crippen LogP contribution in [0.2, 0.25) is 0 Å². The molecule has 1 N–H and O–H groups in total. The van der Waals surface area contributed by atoms with E-state index < -0.39 is 11.9 Å². The molecule has 104 valence electrons. The van der Waals surface area contributed by atoms with Gasteiger partial charge >= 0.3 is 5.97 Å². The molecule has 2 aliphatic rings. The first kappa shape index (κ1) is 12.6. The molecule has 6 nitrogen and oxygen atoms in total. The first-order valence-electron chi connectivity index (χ1n) is 6.79. The third kappa shape index (κ3) is 2.36. The smallest absolute Gasteiger partial charge is 0.307 e. The predicted octanol–water partition coefficient (Wildman–Crippen LogP) is 2.14. The Kier molecular flexibility index (Phi) is 3.26. The molecule has 3 unspecified atom stereocenters. The fraction of sp³-hybridized carbons (Fsp3) is 0.769. The maximum atomic E-state index is 11.2. The van der Waals surface area contributed by atoms with Crippen LogP contribution in [0.3, 0.4) is 0 Å². The normalized spacial score (nSPS) is 28.5. The molecular weight excluding hydrogens is 248 g/mol. The van der Waals surface area contributed by atoms with E-state index in [4.69, 9.17) is 9.26 Å². The number of ether oxygens (including phenoxy) is 1. The Bertz CT molecular complexity index is 469. The second-order valence-corrected chi connectivity index (χ2v) is 5.47. The summed E-state index contributed by atoms with van der Waals surface area (Å²) in [7, 11) is 1.65. The van der Waals surface area contributed by atoms with E-state index in [2.05, 4.69) is 10.1 Å². The minimum atomic E-state index is -0.771. The van der Waals surface area contributed by atoms with Gasteiger partial charge in [0.1, 0.15) is 6.10 Å². The molecule has 0 aromatic carbocycles. The molecule has 1 aromatic heterocycles. The second-order valence-electron chi connectivity index (χ2n) is 5.47. The van der Waals surface area contributed by atoms with Gasteiger partial charge in [0.05, 0.1) is 11.8 Å². The zero-order valence-electron chi connectivity index (χ0n) is 10.9. The van der Waals surface area contributed by atoms with Crippen LogP contribution in [-0.2, 0) is 9.53 Å². The molecule has 3 atom stereocenters. The highest BCUT2D eigenvalue weighted by Gasteiger charge is 2.40. The largest absolute Gasteiger partial charge is 0.481 e. The molecule has 0 aliphatic heterocycles. The van der Waals surface area contributed by atoms with Crippen LogP contribution in [0.1, 0.15) is 55.8 Å². The van der Waals surface area contributed by atoms with Crippen molar-refractivity contribution in [2.24, 2.45) is 11.8 Å². The van der Waals surface area contributed by atoms with Crippen molar-refractivity contribution >= 4 is 5.97 Å². The fourth-order valence-corrected chi connectivity index (χ4v) is 2.97. The van der Waals surface area contributed by atoms with E-state index in [9.17, 15) is 9.90 Å². The van der Waals surface area contributed by atoms with E-state index in [0.29, 0.717) is 24.1 Å². The molecule has 0 amide bonds. The molecule has 2 saturated carbocycles. The van der Waals surface area contributed by atoms with Crippen LogP contribution in [0, 0.1) is 11.8 Å². The number of aliphatic carboxylic acids is 1. The van der Waals surface area contributed by atoms with Crippen molar-refractivity contribution in [2.75, 3.05) is 7.11 Å². The highest BCUT2D eigenvalue weighted by atomic mass is 16.5. The Morgan fingerprint density at radius 3 is 2.84 bits per heavy atom. The lowest BCUT2D eigenvalue weighted by molar-refractivity contribution is -0.142. The average Bonchev–Trinajstić information content (AvgIpc) is 2.93. The number of carboxylic acid groups (broad SMARTS) is 1. The molecule has 1 heterocycles. The fourth-order valence-electron chi connectivity index (χ4n) is 2.97. The zero-order valence-corrected chi connectivity index (χ0v) is 10.9. The maximum Gasteiger partial charge on any atom is 0.307 e. The van der Waals surface area contributed by atoms with E-state index in [1.165, 1.54) is 0 Å². The lowest BCUT2D eigenvalue weighted by atomic mass is 9.96. The second kappa shape index (κ2) is 4.92. The summed E-state index contributed by atoms with van der Waals surface area (Å²) in [5, 5.41) is 13.2. The minimum Gasteiger partial charge on any atom is -0.481 e. The van der Waals surface area contributed by atoms with Crippen LogP contribution in [0.25, 0.3) is 0 Å². The van der Waals surface area contributed by atoms with Gasteiger partial charge in [-0.3, -0.25) is 4.79 Å². The number of methoxy groups -OCH3 is 1. The SMILES string of the molecule is COC(c1noc(C2CCCC2C(=O)O)n1)C1CC1. The van der Waals surface area contributed by atoms with Crippen molar-refractivity contribution < 1.29 is 19.2 Å². The van der Waals surface area contributed by atoms with Gasteiger partial charge in [-0.2, -0.15) is 4.98 Å². The average molecular weight is 266 g/mol. The summed E-state index contributed by atoms with van der Waals surface area (Å²) in [5.74, 6) is 0.200. The van der Waals surface area contributed by atoms with E-state index in [1.54, 1.807) is 7.11 Å². The molecule has 0 bridgehead atoms. The summed E-state index contributed by atoms with van der Waals surface area (Å²) in [6, 6.07) is 0. The van der Waals surface area contributed by atoms with Gasteiger partial charge in [-0.05, 0) is 31.6 Å². The first-order valence-corrected chi connectivity index (χ1v) is 6.79. The van der Waals surface area contributed by atoms with Gasteiger partial charge in [0.2, 0.25) is 11.7 Å². The monoisotopic (exact) mass is 266 g/mol. The maximum absolute atomic E-state index is 11.2. The van der Waals surface area contributed by atoms with Crippen LogP contribution >= 0.6 is 0 Å². The molecule has 3 rings (SSSR count). The van der Waals surface area contributed by atoms with Crippen molar-refractivity contribution in [3.8, 4) is 0 Å². The van der Waals surface area contributed by atoms with Crippen LogP contribution in [-0.4, -0.2) is 28.3 Å². The van der Waals surface area contributed by atoms with Crippen molar-refractivity contribution in [2.45, 2.75) is 44.1 Å². The zero-order chi connectivity index (χ0) is 13.4. The summed E-state index contributed by atoms with van der Waals surface area (Å²) in [4.78, 5) is 15.6. The number of nitrogens with zero attached hydrogens (tertiary/aromatic N) is 2. The summed E-state index contributed by atoms with van der Waals surface area (Å²) in [6.07, 6.45) is 4.54. The van der Waals surface area contributed by atoms with Crippen molar-refractivity contribution in [1.29, 1.82) is 0 Å². The number of carbonyl (C=O) groups is 1. The van der Waals surface area contributed by atoms with Gasteiger partial charge in [0, 0.05) is 7.11 Å². The van der Waals surface area contributed by atoms with Crippen molar-refractivity contribution in [3.63, 3.8) is 0 Å². The van der Waals surface area contributed by atoms with Gasteiger partial charge in [-0.15, -0.1) is 0 Å². The van der Waals surface area contributed by atoms with Crippen LogP contribution < -0.4 is 0 Å². The van der Waals surface area contributed by atoms with E-state index in [1.807, 2.05) is 0 Å². The van der Waals surface area contributed by atoms with Crippen molar-refractivity contribution in [3.05, 3.63) is 11.7 Å². The molecule has 2 aliphatic carbocycles.